The molecule has 1 saturated heterocycles. The molecule has 0 aromatic carbocycles. The van der Waals surface area contributed by atoms with Crippen molar-refractivity contribution in [2.24, 2.45) is 5.41 Å². The van der Waals surface area contributed by atoms with E-state index in [1.54, 1.807) is 18.8 Å². The molecule has 2 rings (SSSR count). The molecule has 1 amide bonds. The molecule has 5 nitrogen and oxygen atoms in total. The minimum Gasteiger partial charge on any atom is -0.449 e. The molecule has 0 bridgehead atoms. The largest absolute Gasteiger partial charge is 0.449 e. The molecular formula is C15H25NO4S. The Morgan fingerprint density at radius 2 is 2.24 bits per heavy atom. The van der Waals surface area contributed by atoms with Gasteiger partial charge in [-0.1, -0.05) is 13.3 Å². The lowest BCUT2D eigenvalue weighted by atomic mass is 9.92. The van der Waals surface area contributed by atoms with E-state index in [9.17, 15) is 9.59 Å². The molecule has 2 fully saturated rings. The van der Waals surface area contributed by atoms with Crippen molar-refractivity contribution < 1.29 is 19.1 Å². The predicted octanol–water partition coefficient (Wildman–Crippen LogP) is 2.34. The van der Waals surface area contributed by atoms with Crippen LogP contribution in [0.25, 0.3) is 0 Å². The number of ether oxygens (including phenoxy) is 2. The van der Waals surface area contributed by atoms with E-state index in [1.165, 1.54) is 4.90 Å². The average molecular weight is 315 g/mol. The quantitative estimate of drug-likeness (QED) is 0.704. The summed E-state index contributed by atoms with van der Waals surface area (Å²) in [5.41, 5.74) is 0.292. The minimum atomic E-state index is -0.381. The van der Waals surface area contributed by atoms with Crippen molar-refractivity contribution in [1.82, 2.24) is 4.90 Å². The van der Waals surface area contributed by atoms with Crippen LogP contribution in [0.3, 0.4) is 0 Å². The summed E-state index contributed by atoms with van der Waals surface area (Å²) in [6.45, 7) is 4.25. The SMILES string of the molecule is CN(C(=O)OCCSCC1(C)COC1)C1CCCCC1=O. The van der Waals surface area contributed by atoms with Crippen molar-refractivity contribution >= 4 is 23.6 Å². The molecule has 21 heavy (non-hydrogen) atoms. The summed E-state index contributed by atoms with van der Waals surface area (Å²) in [5.74, 6) is 1.97. The van der Waals surface area contributed by atoms with Crippen LogP contribution in [-0.2, 0) is 14.3 Å². The monoisotopic (exact) mass is 315 g/mol. The van der Waals surface area contributed by atoms with Gasteiger partial charge in [0.05, 0.1) is 19.3 Å². The highest BCUT2D eigenvalue weighted by atomic mass is 32.2. The van der Waals surface area contributed by atoms with Gasteiger partial charge in [-0.05, 0) is 12.8 Å². The van der Waals surface area contributed by atoms with E-state index in [-0.39, 0.29) is 17.9 Å². The lowest BCUT2D eigenvalue weighted by molar-refractivity contribution is -0.125. The summed E-state index contributed by atoms with van der Waals surface area (Å²) in [6, 6.07) is -0.287. The van der Waals surface area contributed by atoms with Gasteiger partial charge in [0, 0.05) is 30.4 Å². The summed E-state index contributed by atoms with van der Waals surface area (Å²) in [7, 11) is 1.66. The standard InChI is InChI=1S/C15H25NO4S/c1-15(9-19-10-15)11-21-8-7-20-14(18)16(2)12-5-3-4-6-13(12)17/h12H,3-11H2,1-2H3. The highest BCUT2D eigenvalue weighted by Crippen LogP contribution is 2.30. The topological polar surface area (TPSA) is 55.8 Å². The Morgan fingerprint density at radius 3 is 2.86 bits per heavy atom. The summed E-state index contributed by atoms with van der Waals surface area (Å²) < 4.78 is 10.5. The van der Waals surface area contributed by atoms with Crippen molar-refractivity contribution in [2.75, 3.05) is 38.4 Å². The van der Waals surface area contributed by atoms with Gasteiger partial charge >= 0.3 is 6.09 Å². The first-order chi connectivity index (χ1) is 10.0. The first kappa shape index (κ1) is 16.6. The fourth-order valence-corrected chi connectivity index (χ4v) is 3.65. The third kappa shape index (κ3) is 4.61. The second kappa shape index (κ2) is 7.49. The van der Waals surface area contributed by atoms with E-state index < -0.39 is 0 Å². The van der Waals surface area contributed by atoms with Crippen LogP contribution in [0.5, 0.6) is 0 Å². The van der Waals surface area contributed by atoms with E-state index in [4.69, 9.17) is 9.47 Å². The van der Waals surface area contributed by atoms with E-state index >= 15 is 0 Å². The van der Waals surface area contributed by atoms with Crippen molar-refractivity contribution in [3.8, 4) is 0 Å². The van der Waals surface area contributed by atoms with E-state index in [1.807, 2.05) is 0 Å². The van der Waals surface area contributed by atoms with Gasteiger partial charge in [-0.2, -0.15) is 11.8 Å². The number of Topliss-reactive ketones (excluding diaryl/α,β-unsaturated/α-hetero) is 1. The molecule has 1 saturated carbocycles. The number of hydrogen-bond donors (Lipinski definition) is 0. The molecule has 1 aliphatic heterocycles. The van der Waals surface area contributed by atoms with Crippen molar-refractivity contribution in [3.63, 3.8) is 0 Å². The summed E-state index contributed by atoms with van der Waals surface area (Å²) in [4.78, 5) is 25.2. The van der Waals surface area contributed by atoms with Gasteiger partial charge < -0.3 is 14.4 Å². The normalized spacial score (nSPS) is 24.3. The fourth-order valence-electron chi connectivity index (χ4n) is 2.64. The van der Waals surface area contributed by atoms with E-state index in [0.29, 0.717) is 18.4 Å². The molecule has 120 valence electrons. The summed E-state index contributed by atoms with van der Waals surface area (Å²) >= 11 is 1.78. The van der Waals surface area contributed by atoms with Gasteiger partial charge in [-0.15, -0.1) is 0 Å². The fraction of sp³-hybridized carbons (Fsp3) is 0.867. The minimum absolute atomic E-state index is 0.160. The van der Waals surface area contributed by atoms with Crippen molar-refractivity contribution in [1.29, 1.82) is 0 Å². The smallest absolute Gasteiger partial charge is 0.410 e. The van der Waals surface area contributed by atoms with Gasteiger partial charge in [-0.3, -0.25) is 4.79 Å². The van der Waals surface area contributed by atoms with Gasteiger partial charge in [-0.25, -0.2) is 4.79 Å². The van der Waals surface area contributed by atoms with Crippen LogP contribution in [0.2, 0.25) is 0 Å². The third-order valence-electron chi connectivity index (χ3n) is 4.08. The van der Waals surface area contributed by atoms with Crippen LogP contribution < -0.4 is 0 Å². The number of amides is 1. The van der Waals surface area contributed by atoms with E-state index in [0.717, 1.165) is 44.0 Å². The number of thioether (sulfide) groups is 1. The highest BCUT2D eigenvalue weighted by Gasteiger charge is 2.33. The van der Waals surface area contributed by atoms with Gasteiger partial charge in [0.25, 0.3) is 0 Å². The summed E-state index contributed by atoms with van der Waals surface area (Å²) in [5, 5.41) is 0. The molecule has 0 aromatic rings. The molecule has 6 heteroatoms. The molecule has 0 N–H and O–H groups in total. The van der Waals surface area contributed by atoms with Crippen LogP contribution in [0.1, 0.15) is 32.6 Å². The Hall–Kier alpha value is -0.750. The maximum atomic E-state index is 11.9. The maximum Gasteiger partial charge on any atom is 0.410 e. The first-order valence-corrected chi connectivity index (χ1v) is 8.75. The number of rotatable bonds is 6. The van der Waals surface area contributed by atoms with Crippen LogP contribution in [0.4, 0.5) is 4.79 Å². The highest BCUT2D eigenvalue weighted by molar-refractivity contribution is 7.99. The van der Waals surface area contributed by atoms with Crippen LogP contribution >= 0.6 is 11.8 Å². The third-order valence-corrected chi connectivity index (χ3v) is 5.44. The predicted molar refractivity (Wildman–Crippen MR) is 82.6 cm³/mol. The zero-order chi connectivity index (χ0) is 15.3. The zero-order valence-corrected chi connectivity index (χ0v) is 13.7. The van der Waals surface area contributed by atoms with Crippen molar-refractivity contribution in [2.45, 2.75) is 38.6 Å². The Labute approximate surface area is 130 Å². The molecule has 1 unspecified atom stereocenters. The van der Waals surface area contributed by atoms with Crippen molar-refractivity contribution in [3.05, 3.63) is 0 Å². The average Bonchev–Trinajstić information content (AvgIpc) is 2.44. The first-order valence-electron chi connectivity index (χ1n) is 7.60. The van der Waals surface area contributed by atoms with Crippen LogP contribution in [0, 0.1) is 5.41 Å². The molecule has 2 aliphatic rings. The molecule has 0 aromatic heterocycles. The Balaban J connectivity index is 1.61. The lowest BCUT2D eigenvalue weighted by Gasteiger charge is -2.37. The van der Waals surface area contributed by atoms with Crippen LogP contribution in [0.15, 0.2) is 0 Å². The molecule has 1 heterocycles. The van der Waals surface area contributed by atoms with Gasteiger partial charge in [0.15, 0.2) is 5.78 Å². The van der Waals surface area contributed by atoms with E-state index in [2.05, 4.69) is 6.92 Å². The number of likely N-dealkylation sites (N-methyl/N-ethyl adjacent to an activating group) is 1. The lowest BCUT2D eigenvalue weighted by Crippen LogP contribution is -2.44. The number of hydrogen-bond acceptors (Lipinski definition) is 5. The molecule has 1 atom stereocenters. The van der Waals surface area contributed by atoms with Gasteiger partial charge in [0.2, 0.25) is 0 Å². The molecule has 0 radical (unpaired) electrons. The number of nitrogens with zero attached hydrogens (tertiary/aromatic N) is 1. The molecule has 0 spiro atoms. The Morgan fingerprint density at radius 1 is 1.48 bits per heavy atom. The Bertz CT molecular complexity index is 384. The zero-order valence-electron chi connectivity index (χ0n) is 12.9. The Kier molecular flexibility index (Phi) is 5.93. The van der Waals surface area contributed by atoms with Gasteiger partial charge in [0.1, 0.15) is 6.61 Å². The maximum absolute atomic E-state index is 11.9. The second-order valence-electron chi connectivity index (χ2n) is 6.31. The van der Waals surface area contributed by atoms with Crippen LogP contribution in [-0.4, -0.2) is 61.2 Å². The molecule has 1 aliphatic carbocycles. The second-order valence-corrected chi connectivity index (χ2v) is 7.41. The number of carbonyl (C=O) groups excluding carboxylic acids is 2. The number of ketones is 1. The molecular weight excluding hydrogens is 290 g/mol. The number of carbonyl (C=O) groups is 2. The summed E-state index contributed by atoms with van der Waals surface area (Å²) in [6.07, 6.45) is 2.91.